The van der Waals surface area contributed by atoms with E-state index in [2.05, 4.69) is 5.73 Å². The zero-order valence-corrected chi connectivity index (χ0v) is 7.43. The molecule has 0 aliphatic carbocycles. The summed E-state index contributed by atoms with van der Waals surface area (Å²) in [7, 11) is 0.131. The molecule has 5 nitrogen and oxygen atoms in total. The fraction of sp³-hybridized carbons (Fsp3) is 1.00. The monoisotopic (exact) mass is 171 g/mol. The molecule has 0 fully saturated rings. The number of hydrogen-bond donors (Lipinski definition) is 4. The first-order chi connectivity index (χ1) is 4.48. The minimum Gasteiger partial charge on any atom is -0.333 e. The lowest BCUT2D eigenvalue weighted by atomic mass is 10.8. The maximum atomic E-state index is 8.63. The van der Waals surface area contributed by atoms with Gasteiger partial charge < -0.3 is 5.73 Å². The van der Waals surface area contributed by atoms with Crippen molar-refractivity contribution in [1.29, 1.82) is 0 Å². The molecule has 0 aromatic rings. The number of nitrogens with zero attached hydrogens (tertiary/aromatic N) is 1. The largest absolute Gasteiger partial charge is 0.333 e. The standard InChI is InChI=1S/C3H12N2O2S.CH5N/c1-3-5(2)8(4,6)7;1-2/h6-7H,3-4H2,1-2H3;2H2,1H3. The van der Waals surface area contributed by atoms with Crippen molar-refractivity contribution in [2.45, 2.75) is 6.92 Å². The lowest BCUT2D eigenvalue weighted by molar-refractivity contribution is 0.394. The Kier molecular flexibility index (Phi) is 7.55. The molecule has 0 aromatic carbocycles. The average molecular weight is 171 g/mol. The summed E-state index contributed by atoms with van der Waals surface area (Å²) in [5.74, 6) is 0. The summed E-state index contributed by atoms with van der Waals surface area (Å²) < 4.78 is 18.5. The zero-order valence-electron chi connectivity index (χ0n) is 6.61. The molecule has 10 heavy (non-hydrogen) atoms. The van der Waals surface area contributed by atoms with Gasteiger partial charge in [0.15, 0.2) is 0 Å². The highest BCUT2D eigenvalue weighted by Crippen LogP contribution is 2.30. The molecule has 6 heteroatoms. The van der Waals surface area contributed by atoms with Crippen LogP contribution in [0.3, 0.4) is 0 Å². The van der Waals surface area contributed by atoms with Crippen molar-refractivity contribution in [2.75, 3.05) is 20.6 Å². The first-order valence-corrected chi connectivity index (χ1v) is 4.40. The summed E-state index contributed by atoms with van der Waals surface area (Å²) in [5, 5.41) is 4.91. The summed E-state index contributed by atoms with van der Waals surface area (Å²) in [4.78, 5) is 0. The third-order valence-corrected chi connectivity index (χ3v) is 2.08. The normalized spacial score (nSPS) is 12.4. The van der Waals surface area contributed by atoms with E-state index in [-0.39, 0.29) is 0 Å². The van der Waals surface area contributed by atoms with E-state index in [1.54, 1.807) is 14.0 Å². The van der Waals surface area contributed by atoms with Crippen molar-refractivity contribution in [3.05, 3.63) is 0 Å². The molecule has 0 aliphatic rings. The maximum Gasteiger partial charge on any atom is 0.0160 e. The van der Waals surface area contributed by atoms with Crippen molar-refractivity contribution < 1.29 is 9.11 Å². The van der Waals surface area contributed by atoms with Crippen molar-refractivity contribution in [3.63, 3.8) is 0 Å². The van der Waals surface area contributed by atoms with Crippen molar-refractivity contribution >= 4 is 11.0 Å². The van der Waals surface area contributed by atoms with E-state index < -0.39 is 11.0 Å². The van der Waals surface area contributed by atoms with Crippen molar-refractivity contribution in [3.8, 4) is 0 Å². The summed E-state index contributed by atoms with van der Waals surface area (Å²) in [5.41, 5.74) is 4.50. The Morgan fingerprint density at radius 3 is 1.70 bits per heavy atom. The molecule has 0 radical (unpaired) electrons. The molecular weight excluding hydrogens is 154 g/mol. The first-order valence-electron chi connectivity index (χ1n) is 2.83. The SMILES string of the molecule is CCN(C)S(N)(O)O.CN. The number of rotatable bonds is 2. The van der Waals surface area contributed by atoms with E-state index >= 15 is 0 Å². The Labute approximate surface area is 63.6 Å². The molecule has 0 spiro atoms. The van der Waals surface area contributed by atoms with Crippen LogP contribution in [-0.4, -0.2) is 34.1 Å². The molecule has 0 aromatic heterocycles. The van der Waals surface area contributed by atoms with E-state index in [1.807, 2.05) is 0 Å². The van der Waals surface area contributed by atoms with Crippen LogP contribution in [0.25, 0.3) is 0 Å². The Morgan fingerprint density at radius 1 is 1.40 bits per heavy atom. The van der Waals surface area contributed by atoms with Gasteiger partial charge in [0.25, 0.3) is 0 Å². The van der Waals surface area contributed by atoms with Crippen LogP contribution in [0, 0.1) is 0 Å². The van der Waals surface area contributed by atoms with E-state index in [0.29, 0.717) is 6.54 Å². The molecular formula is C4H17N3O2S. The van der Waals surface area contributed by atoms with Crippen LogP contribution in [0.2, 0.25) is 0 Å². The Balaban J connectivity index is 0. The Bertz CT molecular complexity index is 75.4. The second-order valence-corrected chi connectivity index (χ2v) is 3.25. The van der Waals surface area contributed by atoms with Gasteiger partial charge in [-0.15, -0.1) is 0 Å². The van der Waals surface area contributed by atoms with Gasteiger partial charge in [-0.2, -0.15) is 4.31 Å². The minimum absolute atomic E-state index is 0.541. The molecule has 0 bridgehead atoms. The smallest absolute Gasteiger partial charge is 0.0160 e. The van der Waals surface area contributed by atoms with Gasteiger partial charge in [-0.1, -0.05) is 17.9 Å². The minimum atomic E-state index is -2.92. The van der Waals surface area contributed by atoms with E-state index in [0.717, 1.165) is 0 Å². The highest BCUT2D eigenvalue weighted by Gasteiger charge is 2.08. The molecule has 0 amide bonds. The Morgan fingerprint density at radius 2 is 1.70 bits per heavy atom. The van der Waals surface area contributed by atoms with Crippen LogP contribution in [0.1, 0.15) is 6.92 Å². The van der Waals surface area contributed by atoms with Gasteiger partial charge in [0.1, 0.15) is 0 Å². The van der Waals surface area contributed by atoms with Gasteiger partial charge in [0.2, 0.25) is 0 Å². The molecule has 0 saturated heterocycles. The topological polar surface area (TPSA) is 95.7 Å². The fourth-order valence-corrected chi connectivity index (χ4v) is 0.570. The van der Waals surface area contributed by atoms with Gasteiger partial charge in [-0.25, -0.2) is 5.14 Å². The molecule has 0 aliphatic heterocycles. The highest BCUT2D eigenvalue weighted by atomic mass is 32.3. The molecule has 66 valence electrons. The average Bonchev–Trinajstić information content (AvgIpc) is 1.89. The molecule has 0 unspecified atom stereocenters. The van der Waals surface area contributed by atoms with Crippen LogP contribution in [-0.2, 0) is 0 Å². The summed E-state index contributed by atoms with van der Waals surface area (Å²) in [6, 6.07) is 0. The van der Waals surface area contributed by atoms with Crippen molar-refractivity contribution in [1.82, 2.24) is 4.31 Å². The lowest BCUT2D eigenvalue weighted by Crippen LogP contribution is -2.28. The van der Waals surface area contributed by atoms with Crippen LogP contribution in [0.4, 0.5) is 0 Å². The van der Waals surface area contributed by atoms with E-state index in [4.69, 9.17) is 14.2 Å². The predicted octanol–water partition coefficient (Wildman–Crippen LogP) is 0.0523. The molecule has 0 heterocycles. The van der Waals surface area contributed by atoms with Crippen LogP contribution < -0.4 is 10.9 Å². The van der Waals surface area contributed by atoms with Crippen LogP contribution in [0.15, 0.2) is 0 Å². The quantitative estimate of drug-likeness (QED) is 0.471. The van der Waals surface area contributed by atoms with Gasteiger partial charge >= 0.3 is 0 Å². The summed E-state index contributed by atoms with van der Waals surface area (Å²) in [6.45, 7) is 2.33. The third kappa shape index (κ3) is 6.27. The van der Waals surface area contributed by atoms with Crippen LogP contribution >= 0.6 is 11.0 Å². The second-order valence-electron chi connectivity index (χ2n) is 1.51. The first kappa shape index (κ1) is 12.8. The Hall–Kier alpha value is 0.150. The van der Waals surface area contributed by atoms with Crippen LogP contribution in [0.5, 0.6) is 0 Å². The van der Waals surface area contributed by atoms with Gasteiger partial charge in [-0.3, -0.25) is 9.11 Å². The predicted molar refractivity (Wildman–Crippen MR) is 45.5 cm³/mol. The summed E-state index contributed by atoms with van der Waals surface area (Å²) >= 11 is 0. The highest BCUT2D eigenvalue weighted by molar-refractivity contribution is 8.20. The fourth-order valence-electron chi connectivity index (χ4n) is 0.190. The maximum absolute atomic E-state index is 8.63. The van der Waals surface area contributed by atoms with Gasteiger partial charge in [0.05, 0.1) is 0 Å². The van der Waals surface area contributed by atoms with E-state index in [1.165, 1.54) is 11.4 Å². The number of nitrogens with two attached hydrogens (primary N) is 2. The lowest BCUT2D eigenvalue weighted by Gasteiger charge is -2.34. The van der Waals surface area contributed by atoms with E-state index in [9.17, 15) is 0 Å². The molecule has 6 N–H and O–H groups in total. The third-order valence-electron chi connectivity index (χ3n) is 0.904. The summed E-state index contributed by atoms with van der Waals surface area (Å²) in [6.07, 6.45) is 0. The van der Waals surface area contributed by atoms with Gasteiger partial charge in [-0.05, 0) is 7.05 Å². The van der Waals surface area contributed by atoms with Gasteiger partial charge in [0, 0.05) is 13.6 Å². The number of hydrogen-bond acceptors (Lipinski definition) is 5. The zero-order chi connectivity index (χ0) is 8.78. The molecule has 0 saturated carbocycles. The molecule has 0 rings (SSSR count). The molecule has 0 atom stereocenters. The second kappa shape index (κ2) is 5.90. The van der Waals surface area contributed by atoms with Crippen molar-refractivity contribution in [2.24, 2.45) is 10.9 Å².